The topological polar surface area (TPSA) is 357 Å². The molecule has 4 heterocycles. The molecule has 8 fully saturated rings. The van der Waals surface area contributed by atoms with E-state index in [-0.39, 0.29) is 41.1 Å². The summed E-state index contributed by atoms with van der Waals surface area (Å²) in [5, 5.41) is 151. The SMILES string of the molecule is CC(C)=CCC[C@](C)(O[C@@H]1O[C@H](CO[C@@H]2O[C@H](CO)[C@@H](O)[C@H](O)[C@H]2O)[C@@H](O)[C@H](O)[C@H]1O)[C@H]1CC[C@]2(C)[C@@H]1[C@H](O)C[C@@H]1[C@@]3(C)CC[C@H](O[C@@H]4O[C@H](CO)[C@@H](O)[C@H](O)[C@H]4O[C@@H]4OC[C@@H](O)[C@H](O)[C@H]4O)C(C)(C)[C@@H]3CC[C@]12C. The molecular weight excluding hydrogens is 989 g/mol. The maximum atomic E-state index is 12.8. The third kappa shape index (κ3) is 10.6. The summed E-state index contributed by atoms with van der Waals surface area (Å²) in [5.41, 5.74) is -1.46. The third-order valence-electron chi connectivity index (χ3n) is 20.5. The number of allylic oxidation sites excluding steroid dienone is 2. The molecule has 0 unspecified atom stereocenters. The first-order valence-electron chi connectivity index (χ1n) is 27.3. The van der Waals surface area contributed by atoms with Crippen molar-refractivity contribution in [1.29, 1.82) is 0 Å². The van der Waals surface area contributed by atoms with Crippen LogP contribution in [0.25, 0.3) is 0 Å². The van der Waals surface area contributed by atoms with Crippen LogP contribution in [0.4, 0.5) is 0 Å². The molecule has 29 atom stereocenters. The van der Waals surface area contributed by atoms with Gasteiger partial charge in [-0.05, 0) is 124 Å². The maximum Gasteiger partial charge on any atom is 0.187 e. The predicted octanol–water partition coefficient (Wildman–Crippen LogP) is -1.56. The normalized spacial score (nSPS) is 52.7. The third-order valence-corrected chi connectivity index (χ3v) is 20.5. The molecule has 4 saturated heterocycles. The second kappa shape index (κ2) is 22.7. The average molecular weight is 1080 g/mol. The molecule has 0 aromatic heterocycles. The Labute approximate surface area is 439 Å². The lowest BCUT2D eigenvalue weighted by atomic mass is 9.35. The van der Waals surface area contributed by atoms with E-state index in [0.717, 1.165) is 24.8 Å². The Morgan fingerprint density at radius 2 is 1.16 bits per heavy atom. The van der Waals surface area contributed by atoms with Crippen molar-refractivity contribution < 1.29 is 109 Å². The maximum absolute atomic E-state index is 12.8. The minimum atomic E-state index is -1.75. The molecule has 8 aliphatic rings. The van der Waals surface area contributed by atoms with Gasteiger partial charge in [0.05, 0.1) is 44.2 Å². The van der Waals surface area contributed by atoms with Gasteiger partial charge < -0.3 is 109 Å². The fraction of sp³-hybridized carbons (Fsp3) is 0.962. The summed E-state index contributed by atoms with van der Waals surface area (Å²) in [5.74, 6) is -0.389. The lowest BCUT2D eigenvalue weighted by molar-refractivity contribution is -0.371. The van der Waals surface area contributed by atoms with Crippen molar-refractivity contribution in [2.24, 2.45) is 45.3 Å². The second-order valence-corrected chi connectivity index (χ2v) is 25.3. The largest absolute Gasteiger partial charge is 0.394 e. The summed E-state index contributed by atoms with van der Waals surface area (Å²) in [6, 6.07) is 0. The van der Waals surface area contributed by atoms with Crippen LogP contribution in [0.15, 0.2) is 11.6 Å². The van der Waals surface area contributed by atoms with Crippen LogP contribution in [-0.2, 0) is 37.9 Å². The number of aliphatic hydroxyl groups is 14. The minimum Gasteiger partial charge on any atom is -0.394 e. The zero-order valence-corrected chi connectivity index (χ0v) is 44.7. The van der Waals surface area contributed by atoms with Gasteiger partial charge in [0.2, 0.25) is 0 Å². The van der Waals surface area contributed by atoms with Crippen molar-refractivity contribution in [3.63, 3.8) is 0 Å². The first kappa shape index (κ1) is 60.0. The van der Waals surface area contributed by atoms with E-state index in [4.69, 9.17) is 37.9 Å². The standard InChI is InChI=1S/C53H90O22/c1-23(2)10-9-14-53(8,75-47-43(67)39(63)37(61)29(72-47)22-69-45-42(66)38(62)35(59)27(19-54)70-45)24-11-16-52(7)33(24)25(56)18-31-50(5)15-13-32(49(3,4)30(50)12-17-51(31,52)6)73-48-44(40(64)36(60)28(20-55)71-48)74-46-41(65)34(58)26(57)21-68-46/h10,24-48,54-67H,9,11-22H2,1-8H3/t24-,25+,26+,27+,28+,29+,30-,31+,32-,33-,34-,35+,36+,37+,38-,39-,40-,41+,42+,43+,44+,45+,46-,47-,48-,50-,51+,52+,53-/m0/s1. The second-order valence-electron chi connectivity index (χ2n) is 25.3. The molecule has 434 valence electrons. The van der Waals surface area contributed by atoms with E-state index in [0.29, 0.717) is 38.5 Å². The summed E-state index contributed by atoms with van der Waals surface area (Å²) >= 11 is 0. The number of fused-ring (bicyclic) bond motifs is 5. The molecule has 4 aliphatic heterocycles. The summed E-state index contributed by atoms with van der Waals surface area (Å²) < 4.78 is 48.8. The summed E-state index contributed by atoms with van der Waals surface area (Å²) in [7, 11) is 0. The van der Waals surface area contributed by atoms with Gasteiger partial charge in [0.15, 0.2) is 25.2 Å². The molecule has 22 heteroatoms. The van der Waals surface area contributed by atoms with E-state index in [2.05, 4.69) is 40.7 Å². The van der Waals surface area contributed by atoms with Crippen molar-refractivity contribution in [2.45, 2.75) is 248 Å². The highest BCUT2D eigenvalue weighted by Gasteiger charge is 2.72. The Hall–Kier alpha value is -1.14. The highest BCUT2D eigenvalue weighted by atomic mass is 16.8. The van der Waals surface area contributed by atoms with Gasteiger partial charge in [-0.1, -0.05) is 46.3 Å². The molecule has 4 saturated carbocycles. The molecule has 0 spiro atoms. The van der Waals surface area contributed by atoms with E-state index in [1.165, 1.54) is 0 Å². The van der Waals surface area contributed by atoms with Gasteiger partial charge in [-0.25, -0.2) is 0 Å². The Bertz CT molecular complexity index is 1940. The predicted molar refractivity (Wildman–Crippen MR) is 260 cm³/mol. The fourth-order valence-corrected chi connectivity index (χ4v) is 16.0. The Morgan fingerprint density at radius 3 is 1.80 bits per heavy atom. The zero-order valence-electron chi connectivity index (χ0n) is 44.7. The molecule has 0 amide bonds. The van der Waals surface area contributed by atoms with Crippen LogP contribution >= 0.6 is 0 Å². The molecule has 0 aromatic rings. The lowest BCUT2D eigenvalue weighted by Gasteiger charge is -2.71. The van der Waals surface area contributed by atoms with Gasteiger partial charge in [0, 0.05) is 0 Å². The fourth-order valence-electron chi connectivity index (χ4n) is 16.0. The minimum absolute atomic E-state index is 0.0610. The highest BCUT2D eigenvalue weighted by Crippen LogP contribution is 2.76. The molecule has 8 rings (SSSR count). The molecule has 0 radical (unpaired) electrons. The zero-order chi connectivity index (χ0) is 55.1. The molecule has 22 nitrogen and oxygen atoms in total. The number of aliphatic hydroxyl groups excluding tert-OH is 14. The monoisotopic (exact) mass is 1080 g/mol. The van der Waals surface area contributed by atoms with Crippen molar-refractivity contribution in [1.82, 2.24) is 0 Å². The van der Waals surface area contributed by atoms with E-state index < -0.39 is 165 Å². The molecule has 4 aliphatic carbocycles. The van der Waals surface area contributed by atoms with Gasteiger partial charge in [-0.15, -0.1) is 0 Å². The Kier molecular flexibility index (Phi) is 18.1. The quantitative estimate of drug-likeness (QED) is 0.0651. The van der Waals surface area contributed by atoms with Crippen LogP contribution in [0, 0.1) is 45.3 Å². The molecule has 14 N–H and O–H groups in total. The van der Waals surface area contributed by atoms with Crippen LogP contribution in [0.2, 0.25) is 0 Å². The van der Waals surface area contributed by atoms with Crippen molar-refractivity contribution in [2.75, 3.05) is 26.4 Å². The van der Waals surface area contributed by atoms with Crippen molar-refractivity contribution >= 4 is 0 Å². The van der Waals surface area contributed by atoms with E-state index in [1.54, 1.807) is 0 Å². The summed E-state index contributed by atoms with van der Waals surface area (Å²) in [6.07, 6.45) is -22.4. The van der Waals surface area contributed by atoms with Crippen LogP contribution in [0.5, 0.6) is 0 Å². The number of ether oxygens (including phenoxy) is 8. The first-order valence-corrected chi connectivity index (χ1v) is 27.3. The number of rotatable bonds is 15. The molecular formula is C53H90O22. The van der Waals surface area contributed by atoms with Crippen LogP contribution < -0.4 is 0 Å². The molecule has 0 aromatic carbocycles. The van der Waals surface area contributed by atoms with Gasteiger partial charge in [0.25, 0.3) is 0 Å². The van der Waals surface area contributed by atoms with Gasteiger partial charge in [0.1, 0.15) is 91.6 Å². The van der Waals surface area contributed by atoms with Gasteiger partial charge in [-0.2, -0.15) is 0 Å². The lowest BCUT2D eigenvalue weighted by Crippen LogP contribution is -2.68. The van der Waals surface area contributed by atoms with E-state index >= 15 is 0 Å². The van der Waals surface area contributed by atoms with E-state index in [1.807, 2.05) is 20.8 Å². The highest BCUT2D eigenvalue weighted by molar-refractivity contribution is 5.20. The van der Waals surface area contributed by atoms with Gasteiger partial charge >= 0.3 is 0 Å². The summed E-state index contributed by atoms with van der Waals surface area (Å²) in [4.78, 5) is 0. The van der Waals surface area contributed by atoms with Crippen LogP contribution in [-0.4, -0.2) is 232 Å². The number of hydrogen-bond acceptors (Lipinski definition) is 22. The molecule has 75 heavy (non-hydrogen) atoms. The average Bonchev–Trinajstić information content (AvgIpc) is 3.75. The van der Waals surface area contributed by atoms with Crippen LogP contribution in [0.3, 0.4) is 0 Å². The number of hydrogen-bond donors (Lipinski definition) is 14. The van der Waals surface area contributed by atoms with E-state index in [9.17, 15) is 71.5 Å². The van der Waals surface area contributed by atoms with Crippen LogP contribution in [0.1, 0.15) is 113 Å². The Morgan fingerprint density at radius 1 is 0.587 bits per heavy atom. The van der Waals surface area contributed by atoms with Gasteiger partial charge in [-0.3, -0.25) is 0 Å². The first-order chi connectivity index (χ1) is 35.1. The van der Waals surface area contributed by atoms with Crippen molar-refractivity contribution in [3.05, 3.63) is 11.6 Å². The molecule has 0 bridgehead atoms. The van der Waals surface area contributed by atoms with Crippen molar-refractivity contribution in [3.8, 4) is 0 Å². The Balaban J connectivity index is 1.01. The summed E-state index contributed by atoms with van der Waals surface area (Å²) in [6.45, 7) is 15.1. The smallest absolute Gasteiger partial charge is 0.187 e.